The van der Waals surface area contributed by atoms with Gasteiger partial charge in [-0.2, -0.15) is 5.10 Å². The third-order valence-electron chi connectivity index (χ3n) is 7.41. The summed E-state index contributed by atoms with van der Waals surface area (Å²) in [6, 6.07) is 0.525. The van der Waals surface area contributed by atoms with Crippen LogP contribution in [0.15, 0.2) is 6.20 Å². The van der Waals surface area contributed by atoms with Crippen LogP contribution in [0.3, 0.4) is 0 Å². The van der Waals surface area contributed by atoms with E-state index < -0.39 is 0 Å². The average molecular weight is 391 g/mol. The van der Waals surface area contributed by atoms with Gasteiger partial charge in [-0.25, -0.2) is 0 Å². The Morgan fingerprint density at radius 1 is 1.22 bits per heavy atom. The van der Waals surface area contributed by atoms with E-state index in [-0.39, 0.29) is 23.4 Å². The van der Waals surface area contributed by atoms with Crippen LogP contribution in [0, 0.1) is 17.8 Å². The van der Waals surface area contributed by atoms with Crippen LogP contribution in [-0.4, -0.2) is 33.2 Å². The van der Waals surface area contributed by atoms with Crippen molar-refractivity contribution in [3.05, 3.63) is 16.9 Å². The van der Waals surface area contributed by atoms with Gasteiger partial charge in [-0.1, -0.05) is 11.6 Å². The minimum atomic E-state index is -0.100. The van der Waals surface area contributed by atoms with Gasteiger partial charge in [0.2, 0.25) is 5.91 Å². The largest absolute Gasteiger partial charge is 0.351 e. The molecule has 1 aromatic heterocycles. The van der Waals surface area contributed by atoms with Gasteiger partial charge in [0.05, 0.1) is 17.8 Å². The van der Waals surface area contributed by atoms with E-state index in [9.17, 15) is 9.59 Å². The van der Waals surface area contributed by atoms with E-state index in [2.05, 4.69) is 15.7 Å². The first-order valence-electron chi connectivity index (χ1n) is 10.3. The highest BCUT2D eigenvalue weighted by molar-refractivity contribution is 6.32. The molecule has 27 heavy (non-hydrogen) atoms. The summed E-state index contributed by atoms with van der Waals surface area (Å²) in [5.41, 5.74) is 0.449. The van der Waals surface area contributed by atoms with E-state index in [4.69, 9.17) is 11.6 Å². The van der Waals surface area contributed by atoms with Crippen LogP contribution in [0.5, 0.6) is 0 Å². The molecule has 146 valence electrons. The lowest BCUT2D eigenvalue weighted by molar-refractivity contribution is -0.125. The molecule has 0 saturated heterocycles. The molecule has 2 atom stereocenters. The fraction of sp³-hybridized carbons (Fsp3) is 0.750. The molecule has 5 aliphatic carbocycles. The van der Waals surface area contributed by atoms with E-state index in [1.54, 1.807) is 13.1 Å². The van der Waals surface area contributed by atoms with Gasteiger partial charge in [0.25, 0.3) is 5.91 Å². The first-order valence-corrected chi connectivity index (χ1v) is 10.6. The number of nitrogens with zero attached hydrogens (tertiary/aromatic N) is 2. The third-order valence-corrected chi connectivity index (χ3v) is 7.79. The van der Waals surface area contributed by atoms with Gasteiger partial charge in [-0.05, 0) is 69.1 Å². The number of carbonyl (C=O) groups is 2. The summed E-state index contributed by atoms with van der Waals surface area (Å²) in [7, 11) is 0. The molecule has 6 rings (SSSR count). The molecule has 2 unspecified atom stereocenters. The first kappa shape index (κ1) is 17.5. The minimum Gasteiger partial charge on any atom is -0.351 e. The third kappa shape index (κ3) is 2.87. The van der Waals surface area contributed by atoms with E-state index >= 15 is 0 Å². The minimum absolute atomic E-state index is 0.0453. The Bertz CT molecular complexity index is 771. The van der Waals surface area contributed by atoms with Gasteiger partial charge in [-0.15, -0.1) is 0 Å². The summed E-state index contributed by atoms with van der Waals surface area (Å²) >= 11 is 6.47. The molecule has 0 spiro atoms. The smallest absolute Gasteiger partial charge is 0.256 e. The van der Waals surface area contributed by atoms with Crippen molar-refractivity contribution in [2.45, 2.75) is 75.9 Å². The summed E-state index contributed by atoms with van der Waals surface area (Å²) in [5.74, 6) is 1.51. The van der Waals surface area contributed by atoms with E-state index in [0.717, 1.165) is 44.9 Å². The predicted molar refractivity (Wildman–Crippen MR) is 101 cm³/mol. The second-order valence-corrected chi connectivity index (χ2v) is 9.67. The number of hydrogen-bond donors (Lipinski definition) is 2. The molecular formula is C20H27ClN4O2. The molecule has 0 radical (unpaired) electrons. The molecule has 5 aliphatic rings. The van der Waals surface area contributed by atoms with E-state index in [0.29, 0.717) is 34.5 Å². The lowest BCUT2D eigenvalue weighted by Gasteiger charge is -2.60. The zero-order chi connectivity index (χ0) is 18.8. The fourth-order valence-corrected chi connectivity index (χ4v) is 6.72. The average Bonchev–Trinajstić information content (AvgIpc) is 2.89. The second-order valence-electron chi connectivity index (χ2n) is 9.31. The fourth-order valence-electron chi connectivity index (χ4n) is 6.40. The standard InChI is InChI=1S/C20H27ClN4O2/c1-11(26)24-20-7-12-5-13(8-20)17(14(6-12)9-20)23-19(27)16-10-22-25(18(16)21)15-3-2-4-15/h10,12-15,17H,2-9H2,1H3,(H,23,27)(H,24,26). The second kappa shape index (κ2) is 6.23. The molecule has 0 aromatic carbocycles. The maximum Gasteiger partial charge on any atom is 0.256 e. The molecule has 4 bridgehead atoms. The summed E-state index contributed by atoms with van der Waals surface area (Å²) in [4.78, 5) is 24.6. The predicted octanol–water partition coefficient (Wildman–Crippen LogP) is 3.07. The SMILES string of the molecule is CC(=O)NC12CC3CC(C1)C(NC(=O)c1cnn(C4CCC4)c1Cl)C(C3)C2. The van der Waals surface area contributed by atoms with Gasteiger partial charge < -0.3 is 10.6 Å². The monoisotopic (exact) mass is 390 g/mol. The Morgan fingerprint density at radius 2 is 1.93 bits per heavy atom. The molecule has 6 nitrogen and oxygen atoms in total. The van der Waals surface area contributed by atoms with Crippen molar-refractivity contribution < 1.29 is 9.59 Å². The first-order chi connectivity index (χ1) is 12.9. The number of nitrogens with one attached hydrogen (secondary N) is 2. The summed E-state index contributed by atoms with van der Waals surface area (Å²) in [5, 5.41) is 11.4. The zero-order valence-corrected chi connectivity index (χ0v) is 16.5. The Kier molecular flexibility index (Phi) is 4.04. The highest BCUT2D eigenvalue weighted by Crippen LogP contribution is 2.55. The maximum atomic E-state index is 12.9. The van der Waals surface area contributed by atoms with Gasteiger partial charge in [0.1, 0.15) is 5.15 Å². The number of halogens is 1. The van der Waals surface area contributed by atoms with Crippen molar-refractivity contribution in [1.29, 1.82) is 0 Å². The van der Waals surface area contributed by atoms with Gasteiger partial charge in [0, 0.05) is 18.5 Å². The van der Waals surface area contributed by atoms with E-state index in [1.807, 2.05) is 4.68 Å². The quantitative estimate of drug-likeness (QED) is 0.829. The maximum absolute atomic E-state index is 12.9. The van der Waals surface area contributed by atoms with Crippen LogP contribution >= 0.6 is 11.6 Å². The summed E-state index contributed by atoms with van der Waals surface area (Å²) in [6.45, 7) is 1.61. The molecule has 2 N–H and O–H groups in total. The lowest BCUT2D eigenvalue weighted by atomic mass is 9.51. The van der Waals surface area contributed by atoms with Crippen molar-refractivity contribution in [3.8, 4) is 0 Å². The van der Waals surface area contributed by atoms with Crippen LogP contribution in [0.2, 0.25) is 5.15 Å². The topological polar surface area (TPSA) is 76.0 Å². The van der Waals surface area contributed by atoms with Crippen molar-refractivity contribution in [2.24, 2.45) is 17.8 Å². The zero-order valence-electron chi connectivity index (χ0n) is 15.7. The number of amides is 2. The van der Waals surface area contributed by atoms with Crippen LogP contribution in [-0.2, 0) is 4.79 Å². The number of aromatic nitrogens is 2. The lowest BCUT2D eigenvalue weighted by Crippen LogP contribution is -2.66. The highest BCUT2D eigenvalue weighted by atomic mass is 35.5. The highest BCUT2D eigenvalue weighted by Gasteiger charge is 2.56. The Balaban J connectivity index is 1.31. The van der Waals surface area contributed by atoms with Gasteiger partial charge in [-0.3, -0.25) is 14.3 Å². The summed E-state index contributed by atoms with van der Waals surface area (Å²) < 4.78 is 1.81. The number of rotatable bonds is 4. The molecule has 2 amide bonds. The normalized spacial score (nSPS) is 37.1. The summed E-state index contributed by atoms with van der Waals surface area (Å²) in [6.07, 6.45) is 10.3. The molecule has 7 heteroatoms. The number of carbonyl (C=O) groups excluding carboxylic acids is 2. The van der Waals surface area contributed by atoms with Crippen LogP contribution in [0.4, 0.5) is 0 Å². The van der Waals surface area contributed by atoms with Crippen molar-refractivity contribution in [2.75, 3.05) is 0 Å². The van der Waals surface area contributed by atoms with Crippen molar-refractivity contribution in [1.82, 2.24) is 20.4 Å². The Morgan fingerprint density at radius 3 is 2.52 bits per heavy atom. The molecule has 1 aromatic rings. The molecule has 5 fully saturated rings. The van der Waals surface area contributed by atoms with Crippen molar-refractivity contribution >= 4 is 23.4 Å². The van der Waals surface area contributed by atoms with E-state index in [1.165, 1.54) is 6.42 Å². The Hall–Kier alpha value is -1.56. The van der Waals surface area contributed by atoms with Gasteiger partial charge >= 0.3 is 0 Å². The van der Waals surface area contributed by atoms with Crippen molar-refractivity contribution in [3.63, 3.8) is 0 Å². The van der Waals surface area contributed by atoms with Gasteiger partial charge in [0.15, 0.2) is 0 Å². The molecular weight excluding hydrogens is 364 g/mol. The molecule has 5 saturated carbocycles. The van der Waals surface area contributed by atoms with Crippen LogP contribution in [0.1, 0.15) is 74.7 Å². The van der Waals surface area contributed by atoms with Crippen LogP contribution in [0.25, 0.3) is 0 Å². The molecule has 0 aliphatic heterocycles. The number of hydrogen-bond acceptors (Lipinski definition) is 3. The van der Waals surface area contributed by atoms with Crippen LogP contribution < -0.4 is 10.6 Å². The Labute approximate surface area is 164 Å². The molecule has 1 heterocycles.